The summed E-state index contributed by atoms with van der Waals surface area (Å²) in [6.45, 7) is 2.10. The number of aliphatic hydroxyl groups is 1. The summed E-state index contributed by atoms with van der Waals surface area (Å²) in [5.41, 5.74) is 0.853. The highest BCUT2D eigenvalue weighted by molar-refractivity contribution is 7.89. The average Bonchev–Trinajstić information content (AvgIpc) is 3.13. The van der Waals surface area contributed by atoms with Crippen molar-refractivity contribution in [2.24, 2.45) is 0 Å². The number of anilines is 1. The van der Waals surface area contributed by atoms with Gasteiger partial charge in [0.25, 0.3) is 0 Å². The van der Waals surface area contributed by atoms with Crippen LogP contribution in [0, 0.1) is 0 Å². The van der Waals surface area contributed by atoms with Crippen molar-refractivity contribution in [1.82, 2.24) is 4.72 Å². The molecule has 0 heterocycles. The Bertz CT molecular complexity index is 509. The molecule has 0 bridgehead atoms. The highest BCUT2D eigenvalue weighted by atomic mass is 32.2. The van der Waals surface area contributed by atoms with Gasteiger partial charge in [0, 0.05) is 24.4 Å². The topological polar surface area (TPSA) is 78.4 Å². The molecule has 6 heteroatoms. The van der Waals surface area contributed by atoms with E-state index in [4.69, 9.17) is 5.11 Å². The first-order chi connectivity index (χ1) is 9.01. The maximum atomic E-state index is 12.0. The minimum atomic E-state index is -3.37. The minimum Gasteiger partial charge on any atom is -0.396 e. The molecule has 1 fully saturated rings. The van der Waals surface area contributed by atoms with Crippen molar-refractivity contribution in [3.8, 4) is 0 Å². The van der Waals surface area contributed by atoms with Crippen molar-refractivity contribution < 1.29 is 13.5 Å². The standard InChI is InChI=1S/C13H20N2O3S/c1-10(8-9-16)14-11-4-6-13(7-5-11)19(17,18)15-12-2-3-12/h4-7,10,12,14-16H,2-3,8-9H2,1H3. The van der Waals surface area contributed by atoms with Crippen LogP contribution in [0.2, 0.25) is 0 Å². The van der Waals surface area contributed by atoms with Crippen LogP contribution in [-0.4, -0.2) is 32.2 Å². The van der Waals surface area contributed by atoms with E-state index in [1.54, 1.807) is 24.3 Å². The Morgan fingerprint density at radius 2 is 1.95 bits per heavy atom. The second-order valence-electron chi connectivity index (χ2n) is 4.98. The number of nitrogens with one attached hydrogen (secondary N) is 2. The van der Waals surface area contributed by atoms with Crippen molar-refractivity contribution >= 4 is 15.7 Å². The number of sulfonamides is 1. The monoisotopic (exact) mass is 284 g/mol. The summed E-state index contributed by atoms with van der Waals surface area (Å²) in [6.07, 6.45) is 2.51. The molecule has 0 amide bonds. The van der Waals surface area contributed by atoms with E-state index in [0.29, 0.717) is 11.3 Å². The minimum absolute atomic E-state index is 0.118. The van der Waals surface area contributed by atoms with Gasteiger partial charge < -0.3 is 10.4 Å². The van der Waals surface area contributed by atoms with Crippen molar-refractivity contribution in [1.29, 1.82) is 0 Å². The molecule has 1 aliphatic carbocycles. The zero-order valence-electron chi connectivity index (χ0n) is 11.0. The van der Waals surface area contributed by atoms with Crippen LogP contribution in [0.3, 0.4) is 0 Å². The summed E-state index contributed by atoms with van der Waals surface area (Å²) in [6, 6.07) is 6.95. The van der Waals surface area contributed by atoms with Crippen LogP contribution >= 0.6 is 0 Å². The van der Waals surface area contributed by atoms with E-state index in [0.717, 1.165) is 18.5 Å². The molecule has 19 heavy (non-hydrogen) atoms. The fourth-order valence-electron chi connectivity index (χ4n) is 1.77. The lowest BCUT2D eigenvalue weighted by Gasteiger charge is -2.14. The third-order valence-corrected chi connectivity index (χ3v) is 4.58. The van der Waals surface area contributed by atoms with E-state index in [9.17, 15) is 8.42 Å². The molecular formula is C13H20N2O3S. The lowest BCUT2D eigenvalue weighted by molar-refractivity contribution is 0.282. The molecule has 5 nitrogen and oxygen atoms in total. The third-order valence-electron chi connectivity index (χ3n) is 3.04. The first-order valence-electron chi connectivity index (χ1n) is 6.51. The zero-order chi connectivity index (χ0) is 13.9. The van der Waals surface area contributed by atoms with Crippen LogP contribution in [-0.2, 0) is 10.0 Å². The van der Waals surface area contributed by atoms with E-state index in [2.05, 4.69) is 10.0 Å². The molecule has 1 atom stereocenters. The van der Waals surface area contributed by atoms with Crippen molar-refractivity contribution in [2.45, 2.75) is 43.2 Å². The van der Waals surface area contributed by atoms with E-state index in [1.807, 2.05) is 6.92 Å². The van der Waals surface area contributed by atoms with Gasteiger partial charge in [-0.25, -0.2) is 13.1 Å². The first kappa shape index (κ1) is 14.3. The van der Waals surface area contributed by atoms with Crippen LogP contribution in [0.15, 0.2) is 29.2 Å². The van der Waals surface area contributed by atoms with Gasteiger partial charge in [0.2, 0.25) is 10.0 Å². The smallest absolute Gasteiger partial charge is 0.240 e. The van der Waals surface area contributed by atoms with E-state index in [-0.39, 0.29) is 18.7 Å². The molecule has 0 radical (unpaired) electrons. The molecule has 1 aromatic carbocycles. The second-order valence-corrected chi connectivity index (χ2v) is 6.69. The average molecular weight is 284 g/mol. The summed E-state index contributed by atoms with van der Waals surface area (Å²) >= 11 is 0. The highest BCUT2D eigenvalue weighted by Crippen LogP contribution is 2.23. The summed E-state index contributed by atoms with van der Waals surface area (Å²) < 4.78 is 26.6. The normalized spacial score (nSPS) is 17.2. The molecule has 0 spiro atoms. The molecule has 3 N–H and O–H groups in total. The van der Waals surface area contributed by atoms with E-state index in [1.165, 1.54) is 0 Å². The largest absolute Gasteiger partial charge is 0.396 e. The Morgan fingerprint density at radius 3 is 2.47 bits per heavy atom. The van der Waals surface area contributed by atoms with Crippen LogP contribution < -0.4 is 10.0 Å². The molecule has 2 rings (SSSR count). The number of hydrogen-bond acceptors (Lipinski definition) is 4. The first-order valence-corrected chi connectivity index (χ1v) is 7.99. The molecule has 106 valence electrons. The maximum absolute atomic E-state index is 12.0. The van der Waals surface area contributed by atoms with Gasteiger partial charge in [-0.05, 0) is 50.5 Å². The molecule has 0 aromatic heterocycles. The van der Waals surface area contributed by atoms with E-state index < -0.39 is 10.0 Å². The van der Waals surface area contributed by atoms with Crippen molar-refractivity contribution in [3.63, 3.8) is 0 Å². The Balaban J connectivity index is 2.01. The molecule has 0 saturated heterocycles. The molecular weight excluding hydrogens is 264 g/mol. The lowest BCUT2D eigenvalue weighted by Crippen LogP contribution is -2.25. The Labute approximate surface area is 114 Å². The third kappa shape index (κ3) is 4.19. The zero-order valence-corrected chi connectivity index (χ0v) is 11.8. The van der Waals surface area contributed by atoms with Gasteiger partial charge in [0.1, 0.15) is 0 Å². The Kier molecular flexibility index (Phi) is 4.44. The summed E-state index contributed by atoms with van der Waals surface area (Å²) in [4.78, 5) is 0.291. The van der Waals surface area contributed by atoms with Gasteiger partial charge in [-0.3, -0.25) is 0 Å². The molecule has 1 aromatic rings. The summed E-state index contributed by atoms with van der Waals surface area (Å²) in [5.74, 6) is 0. The second kappa shape index (κ2) is 5.90. The number of hydrogen-bond donors (Lipinski definition) is 3. The van der Waals surface area contributed by atoms with Crippen LogP contribution in [0.5, 0.6) is 0 Å². The van der Waals surface area contributed by atoms with Crippen molar-refractivity contribution in [2.75, 3.05) is 11.9 Å². The Morgan fingerprint density at radius 1 is 1.32 bits per heavy atom. The van der Waals surface area contributed by atoms with Gasteiger partial charge in [0.15, 0.2) is 0 Å². The fraction of sp³-hybridized carbons (Fsp3) is 0.538. The van der Waals surface area contributed by atoms with Crippen molar-refractivity contribution in [3.05, 3.63) is 24.3 Å². The number of aliphatic hydroxyl groups excluding tert-OH is 1. The number of benzene rings is 1. The van der Waals surface area contributed by atoms with Gasteiger partial charge >= 0.3 is 0 Å². The highest BCUT2D eigenvalue weighted by Gasteiger charge is 2.27. The maximum Gasteiger partial charge on any atom is 0.240 e. The quantitative estimate of drug-likeness (QED) is 0.705. The van der Waals surface area contributed by atoms with Crippen LogP contribution in [0.25, 0.3) is 0 Å². The van der Waals surface area contributed by atoms with Gasteiger partial charge in [-0.1, -0.05) is 0 Å². The fourth-order valence-corrected chi connectivity index (χ4v) is 3.07. The predicted octanol–water partition coefficient (Wildman–Crippen LogP) is 1.31. The number of rotatable bonds is 7. The molecule has 1 saturated carbocycles. The summed E-state index contributed by atoms with van der Waals surface area (Å²) in [7, 11) is -3.37. The lowest BCUT2D eigenvalue weighted by atomic mass is 10.2. The molecule has 1 aliphatic rings. The van der Waals surface area contributed by atoms with E-state index >= 15 is 0 Å². The van der Waals surface area contributed by atoms with Crippen LogP contribution in [0.4, 0.5) is 5.69 Å². The van der Waals surface area contributed by atoms with Crippen LogP contribution in [0.1, 0.15) is 26.2 Å². The van der Waals surface area contributed by atoms with Gasteiger partial charge in [-0.15, -0.1) is 0 Å². The summed E-state index contributed by atoms with van der Waals surface area (Å²) in [5, 5.41) is 12.0. The predicted molar refractivity (Wildman–Crippen MR) is 74.6 cm³/mol. The Hall–Kier alpha value is -1.11. The molecule has 0 aliphatic heterocycles. The van der Waals surface area contributed by atoms with Gasteiger partial charge in [0.05, 0.1) is 4.90 Å². The van der Waals surface area contributed by atoms with Gasteiger partial charge in [-0.2, -0.15) is 0 Å². The SMILES string of the molecule is CC(CCO)Nc1ccc(S(=O)(=O)NC2CC2)cc1. The molecule has 1 unspecified atom stereocenters.